The van der Waals surface area contributed by atoms with E-state index in [0.717, 1.165) is 12.1 Å². The zero-order chi connectivity index (χ0) is 14.6. The topological polar surface area (TPSA) is 72.2 Å². The molecule has 0 spiro atoms. The van der Waals surface area contributed by atoms with E-state index in [1.165, 1.54) is 0 Å². The summed E-state index contributed by atoms with van der Waals surface area (Å²) in [5, 5.41) is 13.7. The van der Waals surface area contributed by atoms with Crippen LogP contribution in [0.1, 0.15) is 13.3 Å². The predicted octanol–water partition coefficient (Wildman–Crippen LogP) is 3.07. The molecule has 1 N–H and O–H groups in total. The quantitative estimate of drug-likeness (QED) is 0.630. The number of hydrogen-bond acceptors (Lipinski definition) is 4. The van der Waals surface area contributed by atoms with Crippen LogP contribution in [0.5, 0.6) is 0 Å². The Morgan fingerprint density at radius 2 is 2.21 bits per heavy atom. The Labute approximate surface area is 121 Å². The van der Waals surface area contributed by atoms with Crippen LogP contribution < -0.4 is 5.32 Å². The lowest BCUT2D eigenvalue weighted by Gasteiger charge is -2.11. The minimum absolute atomic E-state index is 0.0214. The van der Waals surface area contributed by atoms with Crippen LogP contribution in [0.3, 0.4) is 0 Å². The monoisotopic (exact) mass is 352 g/mol. The molecule has 106 valence electrons. The van der Waals surface area contributed by atoms with Gasteiger partial charge in [0.1, 0.15) is 11.5 Å². The highest BCUT2D eigenvalue weighted by Gasteiger charge is 2.17. The van der Waals surface area contributed by atoms with Gasteiger partial charge in [-0.2, -0.15) is 0 Å². The first-order valence-electron chi connectivity index (χ1n) is 5.52. The Balaban J connectivity index is 2.80. The Morgan fingerprint density at radius 1 is 1.58 bits per heavy atom. The zero-order valence-electron chi connectivity index (χ0n) is 10.5. The van der Waals surface area contributed by atoms with E-state index in [1.807, 2.05) is 6.92 Å². The minimum Gasteiger partial charge on any atom is -0.379 e. The second-order valence-corrected chi connectivity index (χ2v) is 6.72. The predicted molar refractivity (Wildman–Crippen MR) is 77.4 cm³/mol. The van der Waals surface area contributed by atoms with Gasteiger partial charge in [0.2, 0.25) is 0 Å². The van der Waals surface area contributed by atoms with Crippen molar-refractivity contribution in [2.24, 2.45) is 0 Å². The Kier molecular flexibility index (Phi) is 5.86. The smallest absolute Gasteiger partial charge is 0.293 e. The van der Waals surface area contributed by atoms with E-state index in [1.54, 1.807) is 6.26 Å². The number of benzene rings is 1. The molecule has 1 aromatic carbocycles. The largest absolute Gasteiger partial charge is 0.379 e. The molecular formula is C11H14BrFN2O3S. The van der Waals surface area contributed by atoms with E-state index in [-0.39, 0.29) is 21.1 Å². The first kappa shape index (κ1) is 16.0. The number of rotatable bonds is 6. The van der Waals surface area contributed by atoms with Gasteiger partial charge < -0.3 is 5.32 Å². The Hall–Kier alpha value is -1.02. The lowest BCUT2D eigenvalue weighted by Crippen LogP contribution is -2.15. The Bertz CT molecular complexity index is 513. The van der Waals surface area contributed by atoms with E-state index in [2.05, 4.69) is 21.2 Å². The van der Waals surface area contributed by atoms with Crippen molar-refractivity contribution < 1.29 is 13.5 Å². The van der Waals surface area contributed by atoms with Crippen molar-refractivity contribution in [1.82, 2.24) is 0 Å². The molecule has 2 unspecified atom stereocenters. The number of hydrogen-bond donors (Lipinski definition) is 1. The molecule has 0 fully saturated rings. The highest BCUT2D eigenvalue weighted by Crippen LogP contribution is 2.30. The summed E-state index contributed by atoms with van der Waals surface area (Å²) in [6, 6.07) is 2.20. The molecule has 19 heavy (non-hydrogen) atoms. The summed E-state index contributed by atoms with van der Waals surface area (Å²) >= 11 is 2.91. The summed E-state index contributed by atoms with van der Waals surface area (Å²) in [6.45, 7) is 2.22. The minimum atomic E-state index is -0.946. The molecule has 0 aromatic heterocycles. The van der Waals surface area contributed by atoms with Gasteiger partial charge >= 0.3 is 0 Å². The molecule has 0 bridgehead atoms. The van der Waals surface area contributed by atoms with Crippen LogP contribution in [-0.2, 0) is 10.8 Å². The van der Waals surface area contributed by atoms with Gasteiger partial charge in [-0.1, -0.05) is 6.92 Å². The lowest BCUT2D eigenvalue weighted by molar-refractivity contribution is -0.384. The summed E-state index contributed by atoms with van der Waals surface area (Å²) in [4.78, 5) is 10.3. The first-order chi connectivity index (χ1) is 8.82. The van der Waals surface area contributed by atoms with Crippen LogP contribution in [0.2, 0.25) is 0 Å². The van der Waals surface area contributed by atoms with Crippen molar-refractivity contribution in [3.63, 3.8) is 0 Å². The average molecular weight is 353 g/mol. The molecule has 0 aliphatic carbocycles. The fourth-order valence-electron chi connectivity index (χ4n) is 1.41. The summed E-state index contributed by atoms with van der Waals surface area (Å²) in [5.74, 6) is -0.569. The Morgan fingerprint density at radius 3 is 2.74 bits per heavy atom. The molecule has 0 amide bonds. The third-order valence-corrected chi connectivity index (χ3v) is 4.64. The number of nitro groups is 1. The van der Waals surface area contributed by atoms with Crippen LogP contribution in [0.25, 0.3) is 0 Å². The van der Waals surface area contributed by atoms with Crippen molar-refractivity contribution >= 4 is 38.1 Å². The van der Waals surface area contributed by atoms with Crippen molar-refractivity contribution in [3.05, 3.63) is 32.5 Å². The lowest BCUT2D eigenvalue weighted by atomic mass is 10.2. The number of nitrogens with zero attached hydrogens (tertiary/aromatic N) is 1. The molecule has 2 atom stereocenters. The van der Waals surface area contributed by atoms with Crippen molar-refractivity contribution in [2.45, 2.75) is 18.6 Å². The van der Waals surface area contributed by atoms with E-state index in [9.17, 15) is 18.7 Å². The van der Waals surface area contributed by atoms with E-state index >= 15 is 0 Å². The van der Waals surface area contributed by atoms with Gasteiger partial charge in [0.05, 0.1) is 9.40 Å². The van der Waals surface area contributed by atoms with Gasteiger partial charge in [-0.05, 0) is 22.4 Å². The van der Waals surface area contributed by atoms with Crippen molar-refractivity contribution in [1.29, 1.82) is 0 Å². The average Bonchev–Trinajstić information content (AvgIpc) is 2.32. The van der Waals surface area contributed by atoms with E-state index in [4.69, 9.17) is 0 Å². The summed E-state index contributed by atoms with van der Waals surface area (Å²) < 4.78 is 24.6. The second kappa shape index (κ2) is 6.95. The van der Waals surface area contributed by atoms with Gasteiger partial charge in [0.25, 0.3) is 5.69 Å². The maximum Gasteiger partial charge on any atom is 0.293 e. The summed E-state index contributed by atoms with van der Waals surface area (Å²) in [6.07, 6.45) is 2.18. The fourth-order valence-corrected chi connectivity index (χ4v) is 2.19. The summed E-state index contributed by atoms with van der Waals surface area (Å²) in [5.41, 5.74) is -0.0710. The van der Waals surface area contributed by atoms with Crippen LogP contribution in [0, 0.1) is 15.9 Å². The zero-order valence-corrected chi connectivity index (χ0v) is 12.9. The van der Waals surface area contributed by atoms with Crippen molar-refractivity contribution in [3.8, 4) is 0 Å². The maximum atomic E-state index is 13.4. The molecule has 0 heterocycles. The summed E-state index contributed by atoms with van der Waals surface area (Å²) in [7, 11) is -0.946. The van der Waals surface area contributed by atoms with E-state index in [0.29, 0.717) is 13.0 Å². The van der Waals surface area contributed by atoms with Crippen LogP contribution in [0.4, 0.5) is 15.8 Å². The third kappa shape index (κ3) is 4.54. The van der Waals surface area contributed by atoms with Crippen LogP contribution >= 0.6 is 15.9 Å². The van der Waals surface area contributed by atoms with E-state index < -0.39 is 21.5 Å². The number of nitrogens with one attached hydrogen (secondary N) is 1. The standard InChI is InChI=1S/C11H14BrFN2O3S/c1-7(19(2)18)3-4-14-10-6-9(13)8(12)5-11(10)15(16)17/h5-7,14H,3-4H2,1-2H3. The van der Waals surface area contributed by atoms with Crippen LogP contribution in [0.15, 0.2) is 16.6 Å². The van der Waals surface area contributed by atoms with Crippen LogP contribution in [-0.4, -0.2) is 27.2 Å². The normalized spacial score (nSPS) is 13.9. The van der Waals surface area contributed by atoms with Gasteiger partial charge in [0, 0.05) is 41.0 Å². The fraction of sp³-hybridized carbons (Fsp3) is 0.455. The maximum absolute atomic E-state index is 13.4. The molecule has 5 nitrogen and oxygen atoms in total. The number of halogens is 2. The molecule has 0 saturated carbocycles. The third-order valence-electron chi connectivity index (χ3n) is 2.67. The highest BCUT2D eigenvalue weighted by molar-refractivity contribution is 9.10. The van der Waals surface area contributed by atoms with Gasteiger partial charge in [-0.3, -0.25) is 14.3 Å². The second-order valence-electron chi connectivity index (χ2n) is 4.07. The molecule has 0 radical (unpaired) electrons. The SMILES string of the molecule is CC(CCNc1cc(F)c(Br)cc1[N+](=O)[O-])S(C)=O. The molecular weight excluding hydrogens is 339 g/mol. The molecule has 0 aliphatic rings. The van der Waals surface area contributed by atoms with Gasteiger partial charge in [-0.15, -0.1) is 0 Å². The van der Waals surface area contributed by atoms with Gasteiger partial charge in [-0.25, -0.2) is 4.39 Å². The number of nitro benzene ring substituents is 1. The molecule has 8 heteroatoms. The first-order valence-corrected chi connectivity index (χ1v) is 7.94. The molecule has 1 rings (SSSR count). The van der Waals surface area contributed by atoms with Gasteiger partial charge in [0.15, 0.2) is 0 Å². The molecule has 0 saturated heterocycles. The highest BCUT2D eigenvalue weighted by atomic mass is 79.9. The number of anilines is 1. The molecule has 0 aliphatic heterocycles. The molecule has 1 aromatic rings. The van der Waals surface area contributed by atoms with Crippen molar-refractivity contribution in [2.75, 3.05) is 18.1 Å².